The normalized spacial score (nSPS) is 11.3. The summed E-state index contributed by atoms with van der Waals surface area (Å²) in [6.07, 6.45) is 2.15. The third kappa shape index (κ3) is 2.90. The first kappa shape index (κ1) is 18.2. The van der Waals surface area contributed by atoms with Gasteiger partial charge in [0.15, 0.2) is 5.78 Å². The molecule has 3 rings (SSSR count). The maximum Gasteiger partial charge on any atom is 0.259 e. The number of ketones is 1. The summed E-state index contributed by atoms with van der Waals surface area (Å²) in [4.78, 5) is 27.6. The van der Waals surface area contributed by atoms with Crippen LogP contribution in [0.15, 0.2) is 29.1 Å². The molecule has 2 aromatic heterocycles. The third-order valence-corrected chi connectivity index (χ3v) is 5.15. The van der Waals surface area contributed by atoms with Crippen molar-refractivity contribution in [3.63, 3.8) is 0 Å². The molecular formula is C22H26N2O2. The highest BCUT2D eigenvalue weighted by molar-refractivity contribution is 6.04. The number of H-pyrrole nitrogens is 1. The van der Waals surface area contributed by atoms with Gasteiger partial charge in [0, 0.05) is 23.2 Å². The van der Waals surface area contributed by atoms with E-state index in [4.69, 9.17) is 0 Å². The smallest absolute Gasteiger partial charge is 0.259 e. The van der Waals surface area contributed by atoms with Gasteiger partial charge < -0.3 is 9.55 Å². The summed E-state index contributed by atoms with van der Waals surface area (Å²) >= 11 is 0. The van der Waals surface area contributed by atoms with E-state index in [-0.39, 0.29) is 16.9 Å². The van der Waals surface area contributed by atoms with Crippen LogP contribution in [0.3, 0.4) is 0 Å². The van der Waals surface area contributed by atoms with E-state index in [1.807, 2.05) is 6.92 Å². The van der Waals surface area contributed by atoms with Crippen molar-refractivity contribution in [3.05, 3.63) is 57.0 Å². The number of aryl methyl sites for hydroxylation is 3. The molecule has 136 valence electrons. The van der Waals surface area contributed by atoms with Crippen LogP contribution in [0.1, 0.15) is 53.9 Å². The molecule has 1 aromatic carbocycles. The van der Waals surface area contributed by atoms with Crippen LogP contribution in [0.2, 0.25) is 0 Å². The van der Waals surface area contributed by atoms with Crippen molar-refractivity contribution in [2.24, 2.45) is 0 Å². The van der Waals surface area contributed by atoms with Gasteiger partial charge in [-0.1, -0.05) is 43.2 Å². The molecule has 0 radical (unpaired) electrons. The number of aromatic amines is 1. The van der Waals surface area contributed by atoms with Gasteiger partial charge in [-0.05, 0) is 39.7 Å². The van der Waals surface area contributed by atoms with Gasteiger partial charge in [-0.2, -0.15) is 0 Å². The molecule has 0 bridgehead atoms. The van der Waals surface area contributed by atoms with E-state index in [1.165, 1.54) is 12.5 Å². The second-order valence-corrected chi connectivity index (χ2v) is 7.07. The maximum absolute atomic E-state index is 12.6. The van der Waals surface area contributed by atoms with E-state index in [2.05, 4.69) is 54.6 Å². The van der Waals surface area contributed by atoms with Crippen molar-refractivity contribution in [3.8, 4) is 11.3 Å². The molecule has 0 fully saturated rings. The molecular weight excluding hydrogens is 324 g/mol. The van der Waals surface area contributed by atoms with Crippen LogP contribution in [0.4, 0.5) is 0 Å². The predicted molar refractivity (Wildman–Crippen MR) is 107 cm³/mol. The number of rotatable bonds is 5. The Kier molecular flexibility index (Phi) is 4.86. The predicted octanol–water partition coefficient (Wildman–Crippen LogP) is 4.92. The Hall–Kier alpha value is -2.62. The van der Waals surface area contributed by atoms with Crippen LogP contribution in [0.25, 0.3) is 22.2 Å². The lowest BCUT2D eigenvalue weighted by molar-refractivity contribution is 0.101. The quantitative estimate of drug-likeness (QED) is 0.664. The zero-order valence-corrected chi connectivity index (χ0v) is 16.2. The molecule has 26 heavy (non-hydrogen) atoms. The standard InChI is InChI=1S/C22H26N2O2/c1-6-7-12-24-15(4)18-14(3)19(16(5)25)22(26)23-20(18)21(24)17-10-8-13(2)9-11-17/h8-11H,6-7,12H2,1-5H3,(H,23,26). The summed E-state index contributed by atoms with van der Waals surface area (Å²) in [7, 11) is 0. The number of Topliss-reactive ketones (excluding diaryl/α,β-unsaturated/α-hetero) is 1. The van der Waals surface area contributed by atoms with E-state index in [0.717, 1.165) is 52.8 Å². The Morgan fingerprint density at radius 3 is 2.35 bits per heavy atom. The first-order valence-electron chi connectivity index (χ1n) is 9.20. The van der Waals surface area contributed by atoms with E-state index in [1.54, 1.807) is 0 Å². The topological polar surface area (TPSA) is 54.9 Å². The zero-order chi connectivity index (χ0) is 19.0. The minimum absolute atomic E-state index is 0.191. The highest BCUT2D eigenvalue weighted by Gasteiger charge is 2.22. The lowest BCUT2D eigenvalue weighted by Crippen LogP contribution is -2.18. The number of carbonyl (C=O) groups is 1. The average Bonchev–Trinajstić information content (AvgIpc) is 2.85. The highest BCUT2D eigenvalue weighted by atomic mass is 16.1. The average molecular weight is 350 g/mol. The van der Waals surface area contributed by atoms with Gasteiger partial charge >= 0.3 is 0 Å². The summed E-state index contributed by atoms with van der Waals surface area (Å²) in [5.74, 6) is -0.191. The Morgan fingerprint density at radius 2 is 1.77 bits per heavy atom. The molecule has 4 heteroatoms. The zero-order valence-electron chi connectivity index (χ0n) is 16.2. The number of carbonyl (C=O) groups excluding carboxylic acids is 1. The second-order valence-electron chi connectivity index (χ2n) is 7.07. The van der Waals surface area contributed by atoms with E-state index in [9.17, 15) is 9.59 Å². The molecule has 4 nitrogen and oxygen atoms in total. The number of unbranched alkanes of at least 4 members (excludes halogenated alkanes) is 1. The van der Waals surface area contributed by atoms with Gasteiger partial charge in [-0.25, -0.2) is 0 Å². The second kappa shape index (κ2) is 6.94. The summed E-state index contributed by atoms with van der Waals surface area (Å²) in [6, 6.07) is 8.36. The van der Waals surface area contributed by atoms with Crippen LogP contribution in [-0.4, -0.2) is 15.3 Å². The van der Waals surface area contributed by atoms with Crippen molar-refractivity contribution < 1.29 is 4.79 Å². The van der Waals surface area contributed by atoms with Crippen LogP contribution in [0, 0.1) is 20.8 Å². The van der Waals surface area contributed by atoms with Crippen molar-refractivity contribution in [2.75, 3.05) is 0 Å². The van der Waals surface area contributed by atoms with Gasteiger partial charge in [0.05, 0.1) is 16.8 Å². The van der Waals surface area contributed by atoms with Gasteiger partial charge in [0.1, 0.15) is 0 Å². The number of benzene rings is 1. The summed E-state index contributed by atoms with van der Waals surface area (Å²) < 4.78 is 2.28. The SMILES string of the molecule is CCCCn1c(-c2ccc(C)cc2)c2[nH]c(=O)c(C(C)=O)c(C)c2c1C. The molecule has 3 aromatic rings. The Balaban J connectivity index is 2.42. The van der Waals surface area contributed by atoms with Crippen molar-refractivity contribution >= 4 is 16.7 Å². The first-order valence-corrected chi connectivity index (χ1v) is 9.20. The van der Waals surface area contributed by atoms with Crippen LogP contribution < -0.4 is 5.56 Å². The molecule has 0 aliphatic carbocycles. The monoisotopic (exact) mass is 350 g/mol. The van der Waals surface area contributed by atoms with Crippen LogP contribution in [0.5, 0.6) is 0 Å². The maximum atomic E-state index is 12.6. The molecule has 0 amide bonds. The van der Waals surface area contributed by atoms with Crippen molar-refractivity contribution in [1.29, 1.82) is 0 Å². The summed E-state index contributed by atoms with van der Waals surface area (Å²) in [6.45, 7) is 10.5. The molecule has 0 atom stereocenters. The largest absolute Gasteiger partial charge is 0.343 e. The van der Waals surface area contributed by atoms with E-state index in [0.29, 0.717) is 0 Å². The fourth-order valence-corrected chi connectivity index (χ4v) is 3.82. The van der Waals surface area contributed by atoms with Gasteiger partial charge in [0.2, 0.25) is 0 Å². The Bertz CT molecular complexity index is 1040. The fourth-order valence-electron chi connectivity index (χ4n) is 3.82. The number of fused-ring (bicyclic) bond motifs is 1. The molecule has 0 spiro atoms. The molecule has 0 saturated carbocycles. The Labute approximate surface area is 153 Å². The van der Waals surface area contributed by atoms with Gasteiger partial charge in [0.25, 0.3) is 5.56 Å². The van der Waals surface area contributed by atoms with Gasteiger partial charge in [-0.15, -0.1) is 0 Å². The minimum atomic E-state index is -0.302. The number of aromatic nitrogens is 2. The van der Waals surface area contributed by atoms with Crippen molar-refractivity contribution in [1.82, 2.24) is 9.55 Å². The summed E-state index contributed by atoms with van der Waals surface area (Å²) in [5.41, 5.74) is 5.97. The third-order valence-electron chi connectivity index (χ3n) is 5.15. The number of nitrogens with zero attached hydrogens (tertiary/aromatic N) is 1. The molecule has 1 N–H and O–H groups in total. The molecule has 0 unspecified atom stereocenters. The molecule has 2 heterocycles. The number of nitrogens with one attached hydrogen (secondary N) is 1. The number of pyridine rings is 1. The van der Waals surface area contributed by atoms with E-state index >= 15 is 0 Å². The lowest BCUT2D eigenvalue weighted by Gasteiger charge is -2.11. The van der Waals surface area contributed by atoms with Crippen LogP contribution >= 0.6 is 0 Å². The fraction of sp³-hybridized carbons (Fsp3) is 0.364. The van der Waals surface area contributed by atoms with Gasteiger partial charge in [-0.3, -0.25) is 9.59 Å². The van der Waals surface area contributed by atoms with E-state index < -0.39 is 0 Å². The number of hydrogen-bond acceptors (Lipinski definition) is 2. The van der Waals surface area contributed by atoms with Crippen LogP contribution in [-0.2, 0) is 6.54 Å². The molecule has 0 aliphatic heterocycles. The van der Waals surface area contributed by atoms with Crippen molar-refractivity contribution in [2.45, 2.75) is 54.0 Å². The minimum Gasteiger partial charge on any atom is -0.343 e. The Morgan fingerprint density at radius 1 is 1.12 bits per heavy atom. The lowest BCUT2D eigenvalue weighted by atomic mass is 10.0. The first-order chi connectivity index (χ1) is 12.4. The highest BCUT2D eigenvalue weighted by Crippen LogP contribution is 2.35. The molecule has 0 saturated heterocycles. The molecule has 0 aliphatic rings. The number of hydrogen-bond donors (Lipinski definition) is 1. The summed E-state index contributed by atoms with van der Waals surface area (Å²) in [5, 5.41) is 0.987.